The van der Waals surface area contributed by atoms with Gasteiger partial charge >= 0.3 is 73.2 Å². The zero-order chi connectivity index (χ0) is 5.41. The van der Waals surface area contributed by atoms with Gasteiger partial charge < -0.3 is 11.0 Å². The molecule has 0 rings (SSSR count). The second-order valence-corrected chi connectivity index (χ2v) is 0.908. The van der Waals surface area contributed by atoms with Gasteiger partial charge in [-0.2, -0.15) is 0 Å². The van der Waals surface area contributed by atoms with Crippen LogP contribution in [0.1, 0.15) is 0 Å². The summed E-state index contributed by atoms with van der Waals surface area (Å²) in [5.74, 6) is 0. The fraction of sp³-hybridized carbons (Fsp3) is 0. The van der Waals surface area contributed by atoms with Gasteiger partial charge in [-0.05, 0) is 0 Å². The Morgan fingerprint density at radius 1 is 1.00 bits per heavy atom. The van der Waals surface area contributed by atoms with Crippen LogP contribution >= 0.6 is 0 Å². The van der Waals surface area contributed by atoms with Gasteiger partial charge in [-0.15, -0.1) is 0 Å². The summed E-state index contributed by atoms with van der Waals surface area (Å²) in [6.07, 6.45) is 0. The first kappa shape index (κ1) is 31.8. The smallest absolute Gasteiger partial charge is 4.00 e. The van der Waals surface area contributed by atoms with Crippen molar-refractivity contribution < 1.29 is 63.0 Å². The molecule has 9 heteroatoms. The van der Waals surface area contributed by atoms with Crippen LogP contribution in [0.5, 0.6) is 0 Å². The Labute approximate surface area is 83.4 Å². The van der Waals surface area contributed by atoms with E-state index in [1.54, 1.807) is 0 Å². The average molecular weight is 364 g/mol. The Morgan fingerprint density at radius 3 is 1.00 bits per heavy atom. The minimum absolute atomic E-state index is 0. The normalized spacial score (nSPS) is 2.67. The third kappa shape index (κ3) is 309. The van der Waals surface area contributed by atoms with E-state index in [-0.39, 0.29) is 32.7 Å². The average Bonchev–Trinajstić information content (AvgIpc) is 1.39. The Kier molecular flexibility index (Phi) is 210. The minimum atomic E-state index is -2.27. The Hall–Kier alpha value is 1.26. The van der Waals surface area contributed by atoms with E-state index >= 15 is 0 Å². The fourth-order valence-corrected chi connectivity index (χ4v) is 0. The molecule has 0 atom stereocenters. The van der Waals surface area contributed by atoms with Crippen molar-refractivity contribution >= 4 is 21.1 Å². The first-order valence-electron chi connectivity index (χ1n) is 0.697. The molecule has 0 aliphatic heterocycles. The Balaban J connectivity index is -0.00000000889. The second-order valence-electron chi connectivity index (χ2n) is 0.142. The summed E-state index contributed by atoms with van der Waals surface area (Å²) >= 11 is -4.06. The van der Waals surface area contributed by atoms with Crippen molar-refractivity contribution in [2.75, 3.05) is 0 Å². The molecule has 0 spiro atoms. The molecule has 0 aromatic heterocycles. The maximum absolute atomic E-state index is 8.54. The van der Waals surface area contributed by atoms with E-state index in [1.165, 1.54) is 0 Å². The minimum Gasteiger partial charge on any atom is 4.00 e. The number of hydrogen-bond donors (Lipinski definition) is 0. The molecule has 0 aliphatic rings. The van der Waals surface area contributed by atoms with Crippen LogP contribution in [-0.4, -0.2) is 21.1 Å². The van der Waals surface area contributed by atoms with E-state index < -0.39 is 38.1 Å². The summed E-state index contributed by atoms with van der Waals surface area (Å²) in [6, 6.07) is 0. The molecule has 0 amide bonds. The van der Waals surface area contributed by atoms with Crippen molar-refractivity contribution in [2.45, 2.75) is 0 Å². The van der Waals surface area contributed by atoms with Gasteiger partial charge in [-0.1, -0.05) is 0 Å². The number of rotatable bonds is 0. The predicted octanol–water partition coefficient (Wildman–Crippen LogP) is -1.10. The summed E-state index contributed by atoms with van der Waals surface area (Å²) in [6.45, 7) is 0. The van der Waals surface area contributed by atoms with Crippen LogP contribution in [0.15, 0.2) is 0 Å². The maximum atomic E-state index is 8.54. The molecule has 0 bridgehead atoms. The van der Waals surface area contributed by atoms with Crippen molar-refractivity contribution in [3.05, 3.63) is 0 Å². The molecule has 0 aromatic carbocycles. The third-order valence-corrected chi connectivity index (χ3v) is 0. The molecule has 52 valence electrons. The van der Waals surface area contributed by atoms with Crippen molar-refractivity contribution in [3.63, 3.8) is 0 Å². The van der Waals surface area contributed by atoms with Gasteiger partial charge in [-0.3, -0.25) is 0 Å². The molecule has 0 unspecified atom stereocenters. The molecular formula is O6RuSnTi. The van der Waals surface area contributed by atoms with Crippen LogP contribution in [0.3, 0.4) is 0 Å². The summed E-state index contributed by atoms with van der Waals surface area (Å²) in [4.78, 5) is 0. The molecule has 0 fully saturated rings. The molecule has 0 N–H and O–H groups in total. The van der Waals surface area contributed by atoms with Crippen molar-refractivity contribution in [1.29, 1.82) is 0 Å². The van der Waals surface area contributed by atoms with Gasteiger partial charge in [0.15, 0.2) is 0 Å². The van der Waals surface area contributed by atoms with Gasteiger partial charge in [0.1, 0.15) is 0 Å². The summed E-state index contributed by atoms with van der Waals surface area (Å²) in [7, 11) is 0. The number of hydrogen-bond acceptors (Lipinski definition) is 4. The van der Waals surface area contributed by atoms with Crippen LogP contribution in [-0.2, 0) is 63.0 Å². The quantitative estimate of drug-likeness (QED) is 0.506. The van der Waals surface area contributed by atoms with Crippen LogP contribution < -0.4 is 0 Å². The van der Waals surface area contributed by atoms with E-state index in [1.807, 2.05) is 0 Å². The predicted molar refractivity (Wildman–Crippen MR) is 9.87 cm³/mol. The van der Waals surface area contributed by atoms with E-state index in [0.29, 0.717) is 0 Å². The Bertz CT molecular complexity index is 67.1. The van der Waals surface area contributed by atoms with Crippen molar-refractivity contribution in [3.8, 4) is 0 Å². The zero-order valence-corrected chi connectivity index (χ0v) is 9.96. The summed E-state index contributed by atoms with van der Waals surface area (Å²) < 4.78 is 34.0. The first-order chi connectivity index (χ1) is 2.83. The molecule has 0 radical (unpaired) electrons. The molecule has 0 aromatic rings. The van der Waals surface area contributed by atoms with Crippen molar-refractivity contribution in [1.82, 2.24) is 0 Å². The van der Waals surface area contributed by atoms with Crippen LogP contribution in [0.4, 0.5) is 0 Å². The van der Waals surface area contributed by atoms with Gasteiger partial charge in [-0.25, -0.2) is 0 Å². The van der Waals surface area contributed by atoms with Crippen LogP contribution in [0, 0.1) is 0 Å². The second kappa shape index (κ2) is 59.5. The molecule has 0 heterocycles. The first-order valence-corrected chi connectivity index (χ1v) is 4.45. The standard InChI is InChI=1S/6O.Ru.Sn.Ti/q;;;;2*-2;;;+4. The Morgan fingerprint density at radius 2 is 1.00 bits per heavy atom. The van der Waals surface area contributed by atoms with E-state index in [0.717, 1.165) is 0 Å². The van der Waals surface area contributed by atoms with E-state index in [2.05, 4.69) is 0 Å². The SMILES string of the molecule is [O-2].[O-2].[O]=[Ru]=[O].[O]=[Sn]=[O].[Ti+4]. The third-order valence-electron chi connectivity index (χ3n) is 0. The summed E-state index contributed by atoms with van der Waals surface area (Å²) in [5.41, 5.74) is 0. The maximum Gasteiger partial charge on any atom is 4.00 e. The molecule has 0 saturated carbocycles. The topological polar surface area (TPSA) is 125 Å². The summed E-state index contributed by atoms with van der Waals surface area (Å²) in [5, 5.41) is 0. The van der Waals surface area contributed by atoms with Gasteiger partial charge in [0.25, 0.3) is 0 Å². The van der Waals surface area contributed by atoms with Gasteiger partial charge in [0, 0.05) is 0 Å². The van der Waals surface area contributed by atoms with E-state index in [4.69, 9.17) is 13.3 Å². The monoisotopic (exact) mass is 366 g/mol. The zero-order valence-electron chi connectivity index (χ0n) is 3.80. The van der Waals surface area contributed by atoms with Gasteiger partial charge in [0.2, 0.25) is 0 Å². The van der Waals surface area contributed by atoms with Crippen LogP contribution in [0.2, 0.25) is 0 Å². The molecule has 9 heavy (non-hydrogen) atoms. The van der Waals surface area contributed by atoms with Crippen molar-refractivity contribution in [2.24, 2.45) is 0 Å². The molecular weight excluding hydrogens is 364 g/mol. The molecule has 6 nitrogen and oxygen atoms in total. The molecule has 0 saturated heterocycles. The fourth-order valence-electron chi connectivity index (χ4n) is 0. The molecule has 0 aliphatic carbocycles. The van der Waals surface area contributed by atoms with E-state index in [9.17, 15) is 0 Å². The van der Waals surface area contributed by atoms with Crippen LogP contribution in [0.25, 0.3) is 0 Å². The largest absolute Gasteiger partial charge is 4.00 e. The van der Waals surface area contributed by atoms with Gasteiger partial charge in [0.05, 0.1) is 0 Å².